The minimum atomic E-state index is 0.569. The third kappa shape index (κ3) is 3.01. The maximum absolute atomic E-state index is 6.20. The predicted molar refractivity (Wildman–Crippen MR) is 89.2 cm³/mol. The van der Waals surface area contributed by atoms with Crippen LogP contribution in [0.1, 0.15) is 25.2 Å². The number of nitrogens with zero attached hydrogens (tertiary/aromatic N) is 4. The van der Waals surface area contributed by atoms with Gasteiger partial charge >= 0.3 is 0 Å². The van der Waals surface area contributed by atoms with E-state index in [9.17, 15) is 0 Å². The standard InChI is InChI=1S/C17H21ClN4O/c1-21-12-6-7-13(21)10-22(9-8-12)11-16-19-17(20-23-16)14-4-2-3-5-15(14)18/h2-5,12-13H,6-11H2,1H3/t12-,13+/m1/s1. The zero-order valence-corrected chi connectivity index (χ0v) is 14.0. The van der Waals surface area contributed by atoms with E-state index in [1.54, 1.807) is 0 Å². The minimum absolute atomic E-state index is 0.569. The maximum atomic E-state index is 6.20. The molecule has 2 bridgehead atoms. The van der Waals surface area contributed by atoms with E-state index in [0.717, 1.165) is 24.7 Å². The molecule has 0 amide bonds. The molecule has 2 saturated heterocycles. The zero-order valence-electron chi connectivity index (χ0n) is 13.3. The lowest BCUT2D eigenvalue weighted by atomic mass is 10.1. The summed E-state index contributed by atoms with van der Waals surface area (Å²) in [7, 11) is 2.26. The number of hydrogen-bond donors (Lipinski definition) is 0. The van der Waals surface area contributed by atoms with Crippen LogP contribution >= 0.6 is 11.6 Å². The fourth-order valence-electron chi connectivity index (χ4n) is 3.79. The van der Waals surface area contributed by atoms with Gasteiger partial charge in [0.2, 0.25) is 11.7 Å². The van der Waals surface area contributed by atoms with Crippen molar-refractivity contribution in [3.05, 3.63) is 35.2 Å². The van der Waals surface area contributed by atoms with Crippen LogP contribution in [0, 0.1) is 0 Å². The number of rotatable bonds is 3. The Hall–Kier alpha value is -1.43. The quantitative estimate of drug-likeness (QED) is 0.864. The second-order valence-electron chi connectivity index (χ2n) is 6.57. The van der Waals surface area contributed by atoms with E-state index in [4.69, 9.17) is 16.1 Å². The Kier molecular flexibility index (Phi) is 4.09. The molecule has 0 radical (unpaired) electrons. The molecule has 2 atom stereocenters. The topological polar surface area (TPSA) is 45.4 Å². The molecule has 0 unspecified atom stereocenters. The van der Waals surface area contributed by atoms with E-state index in [0.29, 0.717) is 29.3 Å². The summed E-state index contributed by atoms with van der Waals surface area (Å²) in [4.78, 5) is 9.51. The number of likely N-dealkylation sites (N-methyl/N-ethyl adjacent to an activating group) is 1. The van der Waals surface area contributed by atoms with E-state index < -0.39 is 0 Å². The number of likely N-dealkylation sites (tertiary alicyclic amines) is 1. The van der Waals surface area contributed by atoms with Crippen LogP contribution in [0.4, 0.5) is 0 Å². The molecule has 0 saturated carbocycles. The van der Waals surface area contributed by atoms with Gasteiger partial charge in [0.05, 0.1) is 11.6 Å². The lowest BCUT2D eigenvalue weighted by molar-refractivity contribution is 0.196. The van der Waals surface area contributed by atoms with E-state index in [2.05, 4.69) is 27.0 Å². The second-order valence-corrected chi connectivity index (χ2v) is 6.97. The second kappa shape index (κ2) is 6.23. The Morgan fingerprint density at radius 3 is 2.91 bits per heavy atom. The molecule has 2 aliphatic heterocycles. The molecule has 1 aromatic heterocycles. The molecule has 3 heterocycles. The largest absolute Gasteiger partial charge is 0.338 e. The third-order valence-electron chi connectivity index (χ3n) is 5.17. The van der Waals surface area contributed by atoms with E-state index in [1.807, 2.05) is 24.3 Å². The fourth-order valence-corrected chi connectivity index (χ4v) is 4.01. The summed E-state index contributed by atoms with van der Waals surface area (Å²) in [6.07, 6.45) is 3.86. The predicted octanol–water partition coefficient (Wildman–Crippen LogP) is 3.06. The molecular formula is C17H21ClN4O. The van der Waals surface area contributed by atoms with Crippen LogP contribution in [0.3, 0.4) is 0 Å². The molecule has 6 heteroatoms. The van der Waals surface area contributed by atoms with E-state index >= 15 is 0 Å². The summed E-state index contributed by atoms with van der Waals surface area (Å²) in [6.45, 7) is 2.89. The first-order valence-corrected chi connectivity index (χ1v) is 8.60. The number of fused-ring (bicyclic) bond motifs is 2. The third-order valence-corrected chi connectivity index (χ3v) is 5.50. The molecule has 1 aromatic carbocycles. The van der Waals surface area contributed by atoms with Crippen LogP contribution in [0.2, 0.25) is 5.02 Å². The minimum Gasteiger partial charge on any atom is -0.338 e. The van der Waals surface area contributed by atoms with Crippen LogP contribution in [0.15, 0.2) is 28.8 Å². The smallest absolute Gasteiger partial charge is 0.241 e. The van der Waals surface area contributed by atoms with Gasteiger partial charge in [-0.05, 0) is 38.4 Å². The molecule has 2 fully saturated rings. The molecule has 0 N–H and O–H groups in total. The van der Waals surface area contributed by atoms with Crippen molar-refractivity contribution < 1.29 is 4.52 Å². The summed E-state index contributed by atoms with van der Waals surface area (Å²) < 4.78 is 5.45. The van der Waals surface area contributed by atoms with E-state index in [1.165, 1.54) is 19.3 Å². The van der Waals surface area contributed by atoms with Gasteiger partial charge in [0, 0.05) is 30.7 Å². The van der Waals surface area contributed by atoms with Gasteiger partial charge < -0.3 is 4.52 Å². The Bertz CT molecular complexity index is 689. The molecule has 2 aliphatic rings. The van der Waals surface area contributed by atoms with Crippen LogP contribution in [-0.4, -0.2) is 52.2 Å². The normalized spacial score (nSPS) is 25.7. The molecule has 2 aromatic rings. The van der Waals surface area contributed by atoms with Crippen LogP contribution in [0.25, 0.3) is 11.4 Å². The van der Waals surface area contributed by atoms with Gasteiger partial charge in [-0.1, -0.05) is 28.9 Å². The van der Waals surface area contributed by atoms with Crippen molar-refractivity contribution in [2.24, 2.45) is 0 Å². The molecule has 23 heavy (non-hydrogen) atoms. The first kappa shape index (κ1) is 15.1. The van der Waals surface area contributed by atoms with Crippen molar-refractivity contribution in [3.63, 3.8) is 0 Å². The molecule has 0 aliphatic carbocycles. The monoisotopic (exact) mass is 332 g/mol. The molecule has 122 valence electrons. The summed E-state index contributed by atoms with van der Waals surface area (Å²) in [5.74, 6) is 1.24. The van der Waals surface area contributed by atoms with Crippen molar-refractivity contribution in [2.75, 3.05) is 20.1 Å². The summed E-state index contributed by atoms with van der Waals surface area (Å²) in [5.41, 5.74) is 0.818. The fraction of sp³-hybridized carbons (Fsp3) is 0.529. The highest BCUT2D eigenvalue weighted by Crippen LogP contribution is 2.29. The lowest BCUT2D eigenvalue weighted by Crippen LogP contribution is -2.36. The maximum Gasteiger partial charge on any atom is 0.241 e. The Balaban J connectivity index is 1.47. The number of aromatic nitrogens is 2. The summed E-state index contributed by atoms with van der Waals surface area (Å²) in [5, 5.41) is 4.74. The van der Waals surface area contributed by atoms with Crippen LogP contribution in [0.5, 0.6) is 0 Å². The van der Waals surface area contributed by atoms with Crippen molar-refractivity contribution in [1.82, 2.24) is 19.9 Å². The van der Waals surface area contributed by atoms with Gasteiger partial charge in [-0.15, -0.1) is 0 Å². The van der Waals surface area contributed by atoms with Gasteiger partial charge in [0.15, 0.2) is 0 Å². The van der Waals surface area contributed by atoms with Crippen molar-refractivity contribution >= 4 is 11.6 Å². The summed E-state index contributed by atoms with van der Waals surface area (Å²) >= 11 is 6.20. The van der Waals surface area contributed by atoms with E-state index in [-0.39, 0.29) is 0 Å². The van der Waals surface area contributed by atoms with Gasteiger partial charge in [-0.25, -0.2) is 0 Å². The van der Waals surface area contributed by atoms with Gasteiger partial charge in [0.25, 0.3) is 0 Å². The molecule has 4 rings (SSSR count). The number of halogens is 1. The SMILES string of the molecule is CN1[C@@H]2CC[C@H]1CN(Cc1nc(-c3ccccc3Cl)no1)CC2. The Morgan fingerprint density at radius 1 is 1.22 bits per heavy atom. The molecule has 5 nitrogen and oxygen atoms in total. The van der Waals surface area contributed by atoms with Crippen molar-refractivity contribution in [1.29, 1.82) is 0 Å². The van der Waals surface area contributed by atoms with Crippen LogP contribution in [-0.2, 0) is 6.54 Å². The zero-order chi connectivity index (χ0) is 15.8. The Morgan fingerprint density at radius 2 is 2.04 bits per heavy atom. The average molecular weight is 333 g/mol. The summed E-state index contributed by atoms with van der Waals surface area (Å²) in [6, 6.07) is 8.99. The van der Waals surface area contributed by atoms with Gasteiger partial charge in [0.1, 0.15) is 0 Å². The lowest BCUT2D eigenvalue weighted by Gasteiger charge is -2.24. The van der Waals surface area contributed by atoms with Crippen LogP contribution < -0.4 is 0 Å². The van der Waals surface area contributed by atoms with Gasteiger partial charge in [-0.2, -0.15) is 4.98 Å². The first-order chi connectivity index (χ1) is 11.2. The van der Waals surface area contributed by atoms with Crippen molar-refractivity contribution in [3.8, 4) is 11.4 Å². The highest BCUT2D eigenvalue weighted by Gasteiger charge is 2.34. The highest BCUT2D eigenvalue weighted by molar-refractivity contribution is 6.33. The molecule has 0 spiro atoms. The van der Waals surface area contributed by atoms with Gasteiger partial charge in [-0.3, -0.25) is 9.80 Å². The average Bonchev–Trinajstić information content (AvgIpc) is 3.08. The number of benzene rings is 1. The first-order valence-electron chi connectivity index (χ1n) is 8.22. The van der Waals surface area contributed by atoms with Crippen molar-refractivity contribution in [2.45, 2.75) is 37.9 Å². The highest BCUT2D eigenvalue weighted by atomic mass is 35.5. The molecular weight excluding hydrogens is 312 g/mol. The Labute approximate surface area is 141 Å². The number of hydrogen-bond acceptors (Lipinski definition) is 5.